The zero-order valence-electron chi connectivity index (χ0n) is 18.5. The number of aryl methyl sites for hydroxylation is 1. The maximum atomic E-state index is 14.6. The number of benzene rings is 2. The number of thiophene rings is 1. The first-order valence-corrected chi connectivity index (χ1v) is 11.7. The second kappa shape index (κ2) is 8.92. The van der Waals surface area contributed by atoms with Crippen LogP contribution in [0.3, 0.4) is 0 Å². The number of ether oxygens (including phenoxy) is 1. The summed E-state index contributed by atoms with van der Waals surface area (Å²) in [7, 11) is 0. The molecule has 3 heterocycles. The Hall–Kier alpha value is -3.96. The summed E-state index contributed by atoms with van der Waals surface area (Å²) in [5, 5.41) is 5.52. The van der Waals surface area contributed by atoms with Gasteiger partial charge in [-0.1, -0.05) is 29.8 Å². The lowest BCUT2D eigenvalue weighted by Gasteiger charge is -2.18. The molecule has 12 heteroatoms. The van der Waals surface area contributed by atoms with E-state index in [2.05, 4.69) is 10.1 Å². The van der Waals surface area contributed by atoms with Gasteiger partial charge < -0.3 is 4.74 Å². The Morgan fingerprint density at radius 2 is 1.92 bits per heavy atom. The number of hydrogen-bond acceptors (Lipinski definition) is 5. The number of hydrogen-bond donors (Lipinski definition) is 1. The van der Waals surface area contributed by atoms with Gasteiger partial charge in [-0.25, -0.2) is 9.50 Å². The molecule has 5 aromatic rings. The van der Waals surface area contributed by atoms with Crippen LogP contribution in [0.4, 0.5) is 18.9 Å². The van der Waals surface area contributed by atoms with Gasteiger partial charge in [-0.3, -0.25) is 0 Å². The summed E-state index contributed by atoms with van der Waals surface area (Å²) in [4.78, 5) is 17.0. The Labute approximate surface area is 211 Å². The number of nitroso groups, excluding NO2 is 1. The normalized spacial score (nSPS) is 11.7. The summed E-state index contributed by atoms with van der Waals surface area (Å²) in [5.41, 5.74) is -0.700. The highest BCUT2D eigenvalue weighted by Crippen LogP contribution is 2.45. The van der Waals surface area contributed by atoms with E-state index in [-0.39, 0.29) is 43.8 Å². The van der Waals surface area contributed by atoms with Gasteiger partial charge in [0.15, 0.2) is 16.2 Å². The molecule has 36 heavy (non-hydrogen) atoms. The van der Waals surface area contributed by atoms with Crippen molar-refractivity contribution in [1.29, 1.82) is 0 Å². The van der Waals surface area contributed by atoms with Gasteiger partial charge in [-0.15, -0.1) is 11.3 Å². The topological polar surface area (TPSA) is 85.5 Å². The number of fused-ring (bicyclic) bond motifs is 1. The third kappa shape index (κ3) is 4.38. The zero-order valence-corrected chi connectivity index (χ0v) is 20.0. The standard InChI is InChI=1S/C24H16ClF3N5O2S/c1-13-4-2-5-16(8-13)35-17-10-14(9-15(11-17)33(29)34)20-21(19-6-3-7-36-19)31-23-18(25)12-30-32(23)22(20)24(26,27)28/h2-12H,1H3,(H2,29,34)/q+1. The third-order valence-corrected chi connectivity index (χ3v) is 6.43. The molecule has 2 N–H and O–H groups in total. The smallest absolute Gasteiger partial charge is 0.434 e. The van der Waals surface area contributed by atoms with E-state index in [1.165, 1.54) is 29.5 Å². The first-order chi connectivity index (χ1) is 17.1. The highest BCUT2D eigenvalue weighted by Gasteiger charge is 2.40. The Kier molecular flexibility index (Phi) is 5.89. The van der Waals surface area contributed by atoms with Gasteiger partial charge in [-0.05, 0) is 47.7 Å². The van der Waals surface area contributed by atoms with Gasteiger partial charge in [0, 0.05) is 11.6 Å². The number of hydrazine groups is 1. The molecule has 0 spiro atoms. The summed E-state index contributed by atoms with van der Waals surface area (Å²) in [6.45, 7) is 1.87. The molecule has 0 saturated heterocycles. The molecule has 0 saturated carbocycles. The monoisotopic (exact) mass is 530 g/mol. The fourth-order valence-corrected chi connectivity index (χ4v) is 4.71. The predicted molar refractivity (Wildman–Crippen MR) is 130 cm³/mol. The van der Waals surface area contributed by atoms with Gasteiger partial charge in [-0.2, -0.15) is 24.1 Å². The van der Waals surface area contributed by atoms with Gasteiger partial charge >= 0.3 is 6.18 Å². The second-order valence-corrected chi connectivity index (χ2v) is 9.20. The molecule has 0 bridgehead atoms. The van der Waals surface area contributed by atoms with E-state index in [1.807, 2.05) is 13.0 Å². The molecule has 0 aliphatic heterocycles. The van der Waals surface area contributed by atoms with Crippen LogP contribution in [0.5, 0.6) is 11.5 Å². The number of aromatic nitrogens is 3. The lowest BCUT2D eigenvalue weighted by molar-refractivity contribution is -0.474. The number of nitrogens with two attached hydrogens (primary N) is 1. The highest BCUT2D eigenvalue weighted by molar-refractivity contribution is 7.13. The summed E-state index contributed by atoms with van der Waals surface area (Å²) in [6, 6.07) is 14.4. The molecule has 0 amide bonds. The largest absolute Gasteiger partial charge is 0.457 e. The molecule has 0 aliphatic rings. The first-order valence-electron chi connectivity index (χ1n) is 10.4. The molecule has 0 atom stereocenters. The van der Waals surface area contributed by atoms with Crippen molar-refractivity contribution in [2.45, 2.75) is 13.1 Å². The van der Waals surface area contributed by atoms with Crippen LogP contribution in [0.25, 0.3) is 27.3 Å². The maximum absolute atomic E-state index is 14.6. The van der Waals surface area contributed by atoms with Crippen LogP contribution in [0.1, 0.15) is 11.3 Å². The van der Waals surface area contributed by atoms with Crippen LogP contribution in [0.15, 0.2) is 66.2 Å². The summed E-state index contributed by atoms with van der Waals surface area (Å²) in [6.07, 6.45) is -3.76. The van der Waals surface area contributed by atoms with Crippen LogP contribution in [-0.4, -0.2) is 19.5 Å². The van der Waals surface area contributed by atoms with E-state index in [0.29, 0.717) is 15.1 Å². The van der Waals surface area contributed by atoms with Crippen LogP contribution in [-0.2, 0) is 6.18 Å². The van der Waals surface area contributed by atoms with Gasteiger partial charge in [0.2, 0.25) is 0 Å². The van der Waals surface area contributed by atoms with E-state index < -0.39 is 11.9 Å². The lowest BCUT2D eigenvalue weighted by Crippen LogP contribution is -2.17. The van der Waals surface area contributed by atoms with Crippen molar-refractivity contribution in [3.8, 4) is 33.2 Å². The van der Waals surface area contributed by atoms with Crippen molar-refractivity contribution in [2.24, 2.45) is 5.84 Å². The van der Waals surface area contributed by atoms with Crippen molar-refractivity contribution < 1.29 is 22.8 Å². The average Bonchev–Trinajstić information content (AvgIpc) is 3.47. The average molecular weight is 531 g/mol. The summed E-state index contributed by atoms with van der Waals surface area (Å²) in [5.74, 6) is 6.00. The van der Waals surface area contributed by atoms with E-state index >= 15 is 0 Å². The molecule has 182 valence electrons. The van der Waals surface area contributed by atoms with Gasteiger partial charge in [0.05, 0.1) is 27.7 Å². The summed E-state index contributed by atoms with van der Waals surface area (Å²) >= 11 is 7.34. The number of rotatable bonds is 5. The Morgan fingerprint density at radius 3 is 2.58 bits per heavy atom. The first kappa shape index (κ1) is 23.8. The van der Waals surface area contributed by atoms with Crippen molar-refractivity contribution in [1.82, 2.24) is 14.6 Å². The fourth-order valence-electron chi connectivity index (χ4n) is 3.82. The van der Waals surface area contributed by atoms with E-state index in [1.54, 1.807) is 35.7 Å². The Balaban J connectivity index is 1.84. The molecule has 3 aromatic heterocycles. The van der Waals surface area contributed by atoms with Gasteiger partial charge in [0.1, 0.15) is 16.5 Å². The van der Waals surface area contributed by atoms with Crippen LogP contribution < -0.4 is 10.6 Å². The van der Waals surface area contributed by atoms with Crippen molar-refractivity contribution >= 4 is 34.3 Å². The molecule has 0 fully saturated rings. The molecule has 7 nitrogen and oxygen atoms in total. The zero-order chi connectivity index (χ0) is 25.6. The number of alkyl halides is 3. The lowest BCUT2D eigenvalue weighted by atomic mass is 9.99. The third-order valence-electron chi connectivity index (χ3n) is 5.29. The fraction of sp³-hybridized carbons (Fsp3) is 0.0833. The molecule has 0 unspecified atom stereocenters. The Morgan fingerprint density at radius 1 is 1.11 bits per heavy atom. The SMILES string of the molecule is Cc1cccc(Oc2cc(-c3c(-c4cccs4)nc4c(Cl)cnn4c3C(F)(F)F)cc([N+](N)=O)c2)c1. The molecule has 2 aromatic carbocycles. The van der Waals surface area contributed by atoms with E-state index in [9.17, 15) is 18.1 Å². The quantitative estimate of drug-likeness (QED) is 0.148. The van der Waals surface area contributed by atoms with Crippen LogP contribution >= 0.6 is 22.9 Å². The molecular formula is C24H16ClF3N5O2S+. The van der Waals surface area contributed by atoms with Crippen LogP contribution in [0, 0.1) is 11.8 Å². The van der Waals surface area contributed by atoms with Crippen molar-refractivity contribution in [2.75, 3.05) is 0 Å². The van der Waals surface area contributed by atoms with Gasteiger partial charge in [0.25, 0.3) is 5.69 Å². The van der Waals surface area contributed by atoms with Crippen molar-refractivity contribution in [3.63, 3.8) is 0 Å². The minimum atomic E-state index is -4.86. The maximum Gasteiger partial charge on any atom is 0.434 e. The Bertz CT molecular complexity index is 1620. The summed E-state index contributed by atoms with van der Waals surface area (Å²) < 4.78 is 50.3. The van der Waals surface area contributed by atoms with Crippen LogP contribution in [0.2, 0.25) is 5.02 Å². The molecular weight excluding hydrogens is 515 g/mol. The second-order valence-electron chi connectivity index (χ2n) is 7.85. The van der Waals surface area contributed by atoms with E-state index in [4.69, 9.17) is 22.2 Å². The van der Waals surface area contributed by atoms with E-state index in [0.717, 1.165) is 11.8 Å². The molecule has 0 radical (unpaired) electrons. The highest BCUT2D eigenvalue weighted by atomic mass is 35.5. The number of nitrogens with zero attached hydrogens (tertiary/aromatic N) is 4. The molecule has 0 aliphatic carbocycles. The predicted octanol–water partition coefficient (Wildman–Crippen LogP) is 7.18. The van der Waals surface area contributed by atoms with Crippen molar-refractivity contribution in [3.05, 3.63) is 87.4 Å². The minimum absolute atomic E-state index is 0.0122. The molecule has 5 rings (SSSR count). The minimum Gasteiger partial charge on any atom is -0.457 e. The number of halogens is 4.